The topological polar surface area (TPSA) is 42.3 Å². The van der Waals surface area contributed by atoms with Crippen LogP contribution in [-0.4, -0.2) is 21.8 Å². The van der Waals surface area contributed by atoms with Crippen molar-refractivity contribution in [3.05, 3.63) is 109 Å². The zero-order valence-corrected chi connectivity index (χ0v) is 17.9. The fourth-order valence-electron chi connectivity index (χ4n) is 4.13. The van der Waals surface area contributed by atoms with E-state index in [9.17, 15) is 0 Å². The first-order chi connectivity index (χ1) is 15.3. The molecule has 0 spiro atoms. The number of hydrogen-bond acceptors (Lipinski definition) is 3. The van der Waals surface area contributed by atoms with Gasteiger partial charge in [0.2, 0.25) is 0 Å². The van der Waals surface area contributed by atoms with E-state index in [-0.39, 0.29) is 12.1 Å². The summed E-state index contributed by atoms with van der Waals surface area (Å²) in [6, 6.07) is 26.2. The molecule has 4 aromatic rings. The Bertz CT molecular complexity index is 1190. The number of nitrogens with one attached hydrogen (secondary N) is 1. The Morgan fingerprint density at radius 3 is 2.48 bits per heavy atom. The molecule has 2 unspecified atom stereocenters. The Labute approximate surface area is 186 Å². The van der Waals surface area contributed by atoms with Crippen molar-refractivity contribution in [2.24, 2.45) is 0 Å². The molecule has 6 heteroatoms. The molecule has 3 heterocycles. The van der Waals surface area contributed by atoms with Crippen LogP contribution in [0.2, 0.25) is 0 Å². The summed E-state index contributed by atoms with van der Waals surface area (Å²) in [6.45, 7) is 0. The van der Waals surface area contributed by atoms with Crippen molar-refractivity contribution in [3.8, 4) is 11.4 Å². The minimum atomic E-state index is -0.0924. The summed E-state index contributed by atoms with van der Waals surface area (Å²) in [5.74, 6) is 0.779. The lowest BCUT2D eigenvalue weighted by molar-refractivity contribution is 0.414. The van der Waals surface area contributed by atoms with Gasteiger partial charge in [0.25, 0.3) is 0 Å². The van der Waals surface area contributed by atoms with Gasteiger partial charge in [0.1, 0.15) is 5.75 Å². The number of thiocarbonyl (C=S) groups is 1. The summed E-state index contributed by atoms with van der Waals surface area (Å²) in [5.41, 5.74) is 4.12. The number of pyridine rings is 1. The minimum Gasteiger partial charge on any atom is -0.495 e. The van der Waals surface area contributed by atoms with Crippen LogP contribution in [0.15, 0.2) is 97.5 Å². The molecule has 0 amide bonds. The molecule has 0 aliphatic carbocycles. The van der Waals surface area contributed by atoms with E-state index in [1.54, 1.807) is 7.11 Å². The number of hydrogen-bond donors (Lipinski definition) is 1. The highest BCUT2D eigenvalue weighted by Gasteiger charge is 2.42. The molecule has 1 aliphatic heterocycles. The van der Waals surface area contributed by atoms with Crippen molar-refractivity contribution < 1.29 is 4.74 Å². The quantitative estimate of drug-likeness (QED) is 0.452. The Kier molecular flexibility index (Phi) is 5.14. The van der Waals surface area contributed by atoms with E-state index in [2.05, 4.69) is 50.4 Å². The zero-order chi connectivity index (χ0) is 21.2. The van der Waals surface area contributed by atoms with Crippen molar-refractivity contribution in [1.82, 2.24) is 14.9 Å². The number of methoxy groups -OCH3 is 1. The lowest BCUT2D eigenvalue weighted by Crippen LogP contribution is -2.29. The maximum absolute atomic E-state index is 5.81. The highest BCUT2D eigenvalue weighted by atomic mass is 32.1. The molecule has 1 aliphatic rings. The monoisotopic (exact) mass is 426 g/mol. The van der Waals surface area contributed by atoms with Gasteiger partial charge in [-0.25, -0.2) is 0 Å². The van der Waals surface area contributed by atoms with Gasteiger partial charge in [-0.3, -0.25) is 4.98 Å². The molecule has 2 aromatic heterocycles. The number of nitrogens with zero attached hydrogens (tertiary/aromatic N) is 3. The predicted octanol–water partition coefficient (Wildman–Crippen LogP) is 5.06. The van der Waals surface area contributed by atoms with E-state index in [4.69, 9.17) is 17.0 Å². The number of rotatable bonds is 5. The first-order valence-electron chi connectivity index (χ1n) is 10.1. The predicted molar refractivity (Wildman–Crippen MR) is 127 cm³/mol. The summed E-state index contributed by atoms with van der Waals surface area (Å²) in [5, 5.41) is 4.15. The molecule has 0 saturated carbocycles. The largest absolute Gasteiger partial charge is 0.495 e. The summed E-state index contributed by atoms with van der Waals surface area (Å²) in [6.07, 6.45) is 6.06. The van der Waals surface area contributed by atoms with Crippen molar-refractivity contribution in [3.63, 3.8) is 0 Å². The molecule has 0 radical (unpaired) electrons. The van der Waals surface area contributed by atoms with Gasteiger partial charge in [0.15, 0.2) is 5.11 Å². The van der Waals surface area contributed by atoms with Gasteiger partial charge in [-0.1, -0.05) is 36.4 Å². The molecule has 1 saturated heterocycles. The molecule has 1 N–H and O–H groups in total. The van der Waals surface area contributed by atoms with Crippen molar-refractivity contribution in [2.45, 2.75) is 12.1 Å². The van der Waals surface area contributed by atoms with Crippen LogP contribution in [0.3, 0.4) is 0 Å². The first-order valence-corrected chi connectivity index (χ1v) is 10.5. The molecule has 31 heavy (non-hydrogen) atoms. The highest BCUT2D eigenvalue weighted by molar-refractivity contribution is 7.80. The van der Waals surface area contributed by atoms with Crippen LogP contribution in [0.25, 0.3) is 5.69 Å². The second-order valence-corrected chi connectivity index (χ2v) is 7.74. The Morgan fingerprint density at radius 1 is 0.935 bits per heavy atom. The third-order valence-electron chi connectivity index (χ3n) is 5.55. The standard InChI is InChI=1S/C25H22N4OS/c1-30-22-13-6-5-12-21(22)29-24(23(27-25(29)31)20-11-7-8-15-26-20)18-14-16-28(17-18)19-9-3-2-4-10-19/h2-17,23-24H,1H3,(H,27,31). The van der Waals surface area contributed by atoms with Gasteiger partial charge in [-0.2, -0.15) is 0 Å². The number of ether oxygens (including phenoxy) is 1. The number of benzene rings is 2. The summed E-state index contributed by atoms with van der Waals surface area (Å²) in [7, 11) is 1.68. The van der Waals surface area contributed by atoms with Gasteiger partial charge in [0, 0.05) is 24.3 Å². The molecular formula is C25H22N4OS. The SMILES string of the molecule is COc1ccccc1N1C(=S)NC(c2ccccn2)C1c1ccn(-c2ccccc2)c1. The fraction of sp³-hybridized carbons (Fsp3) is 0.120. The van der Waals surface area contributed by atoms with Crippen LogP contribution >= 0.6 is 12.2 Å². The van der Waals surface area contributed by atoms with Crippen LogP contribution in [0.1, 0.15) is 23.3 Å². The number of aromatic nitrogens is 2. The summed E-state index contributed by atoms with van der Waals surface area (Å²) in [4.78, 5) is 6.76. The van der Waals surface area contributed by atoms with Gasteiger partial charge in [-0.15, -0.1) is 0 Å². The van der Waals surface area contributed by atoms with Crippen LogP contribution in [0.4, 0.5) is 5.69 Å². The Hall–Kier alpha value is -3.64. The maximum atomic E-state index is 5.81. The highest BCUT2D eigenvalue weighted by Crippen LogP contribution is 2.44. The second-order valence-electron chi connectivity index (χ2n) is 7.36. The van der Waals surface area contributed by atoms with Crippen LogP contribution in [0, 0.1) is 0 Å². The third kappa shape index (κ3) is 3.55. The van der Waals surface area contributed by atoms with Crippen LogP contribution < -0.4 is 15.0 Å². The molecule has 2 aromatic carbocycles. The lowest BCUT2D eigenvalue weighted by atomic mass is 9.98. The normalized spacial score (nSPS) is 18.1. The second kappa shape index (κ2) is 8.24. The van der Waals surface area contributed by atoms with Gasteiger partial charge < -0.3 is 19.5 Å². The molecule has 1 fully saturated rings. The first kappa shape index (κ1) is 19.3. The van der Waals surface area contributed by atoms with Crippen molar-refractivity contribution in [2.75, 3.05) is 12.0 Å². The van der Waals surface area contributed by atoms with E-state index in [0.717, 1.165) is 28.4 Å². The van der Waals surface area contributed by atoms with E-state index in [1.165, 1.54) is 0 Å². The fourth-order valence-corrected chi connectivity index (χ4v) is 4.47. The molecule has 154 valence electrons. The van der Waals surface area contributed by atoms with E-state index < -0.39 is 0 Å². The molecule has 5 rings (SSSR count). The Morgan fingerprint density at radius 2 is 1.71 bits per heavy atom. The van der Waals surface area contributed by atoms with Gasteiger partial charge in [0.05, 0.1) is 30.6 Å². The number of para-hydroxylation sites is 3. The van der Waals surface area contributed by atoms with Crippen molar-refractivity contribution >= 4 is 23.0 Å². The molecule has 2 atom stereocenters. The minimum absolute atomic E-state index is 0.0799. The molecule has 0 bridgehead atoms. The van der Waals surface area contributed by atoms with Crippen LogP contribution in [-0.2, 0) is 0 Å². The lowest BCUT2D eigenvalue weighted by Gasteiger charge is -2.28. The smallest absolute Gasteiger partial charge is 0.174 e. The van der Waals surface area contributed by atoms with Gasteiger partial charge in [-0.05, 0) is 60.2 Å². The summed E-state index contributed by atoms with van der Waals surface area (Å²) < 4.78 is 7.79. The zero-order valence-electron chi connectivity index (χ0n) is 17.1. The average molecular weight is 427 g/mol. The van der Waals surface area contributed by atoms with E-state index in [1.807, 2.05) is 66.9 Å². The maximum Gasteiger partial charge on any atom is 0.174 e. The van der Waals surface area contributed by atoms with E-state index >= 15 is 0 Å². The van der Waals surface area contributed by atoms with Crippen LogP contribution in [0.5, 0.6) is 5.75 Å². The summed E-state index contributed by atoms with van der Waals surface area (Å²) >= 11 is 5.81. The van der Waals surface area contributed by atoms with Crippen molar-refractivity contribution in [1.29, 1.82) is 0 Å². The Balaban J connectivity index is 1.63. The average Bonchev–Trinajstić information content (AvgIpc) is 3.45. The molecular weight excluding hydrogens is 404 g/mol. The number of anilines is 1. The third-order valence-corrected chi connectivity index (χ3v) is 5.87. The van der Waals surface area contributed by atoms with Gasteiger partial charge >= 0.3 is 0 Å². The molecule has 5 nitrogen and oxygen atoms in total. The van der Waals surface area contributed by atoms with E-state index in [0.29, 0.717) is 5.11 Å².